The van der Waals surface area contributed by atoms with Crippen LogP contribution >= 0.6 is 15.9 Å². The number of nitriles is 1. The molecule has 0 aliphatic carbocycles. The summed E-state index contributed by atoms with van der Waals surface area (Å²) in [6.45, 7) is 0.0478. The van der Waals surface area contributed by atoms with E-state index in [2.05, 4.69) is 15.9 Å². The molecule has 0 atom stereocenters. The maximum absolute atomic E-state index is 13.2. The average Bonchev–Trinajstić information content (AvgIpc) is 2.47. The van der Waals surface area contributed by atoms with Crippen molar-refractivity contribution in [1.29, 1.82) is 5.26 Å². The molecule has 0 radical (unpaired) electrons. The van der Waals surface area contributed by atoms with E-state index >= 15 is 0 Å². The van der Waals surface area contributed by atoms with Crippen molar-refractivity contribution in [1.82, 2.24) is 0 Å². The monoisotopic (exact) mass is 335 g/mol. The van der Waals surface area contributed by atoms with E-state index in [-0.39, 0.29) is 18.8 Å². The van der Waals surface area contributed by atoms with Crippen LogP contribution in [0.2, 0.25) is 0 Å². The number of nitrogens with zero attached hydrogens (tertiary/aromatic N) is 1. The fraction of sp³-hybridized carbons (Fsp3) is 0.133. The molecule has 0 fully saturated rings. The Hall–Kier alpha value is -1.90. The largest absolute Gasteiger partial charge is 0.487 e. The van der Waals surface area contributed by atoms with Gasteiger partial charge in [0.25, 0.3) is 0 Å². The van der Waals surface area contributed by atoms with Gasteiger partial charge in [0, 0.05) is 5.56 Å². The highest BCUT2D eigenvalue weighted by Gasteiger charge is 2.09. The molecule has 102 valence electrons. The first-order valence-electron chi connectivity index (χ1n) is 5.85. The summed E-state index contributed by atoms with van der Waals surface area (Å²) in [6, 6.07) is 11.4. The molecule has 0 unspecified atom stereocenters. The average molecular weight is 336 g/mol. The fourth-order valence-electron chi connectivity index (χ4n) is 1.74. The quantitative estimate of drug-likeness (QED) is 0.929. The van der Waals surface area contributed by atoms with Crippen molar-refractivity contribution in [3.05, 3.63) is 63.4 Å². The molecule has 0 aromatic heterocycles. The van der Waals surface area contributed by atoms with Crippen LogP contribution in [0.4, 0.5) is 4.39 Å². The van der Waals surface area contributed by atoms with Gasteiger partial charge in [0.15, 0.2) is 0 Å². The number of hydrogen-bond acceptors (Lipinski definition) is 3. The highest BCUT2D eigenvalue weighted by Crippen LogP contribution is 2.30. The van der Waals surface area contributed by atoms with Gasteiger partial charge in [0.05, 0.1) is 16.6 Å². The van der Waals surface area contributed by atoms with Gasteiger partial charge >= 0.3 is 0 Å². The summed E-state index contributed by atoms with van der Waals surface area (Å²) in [5, 5.41) is 18.0. The van der Waals surface area contributed by atoms with E-state index in [4.69, 9.17) is 10.00 Å². The van der Waals surface area contributed by atoms with E-state index in [9.17, 15) is 9.50 Å². The van der Waals surface area contributed by atoms with E-state index in [0.29, 0.717) is 16.9 Å². The van der Waals surface area contributed by atoms with Crippen LogP contribution in [0.25, 0.3) is 0 Å². The Bertz CT molecular complexity index is 667. The zero-order valence-corrected chi connectivity index (χ0v) is 12.0. The smallest absolute Gasteiger partial charge is 0.140 e. The van der Waals surface area contributed by atoms with Gasteiger partial charge in [-0.3, -0.25) is 0 Å². The first-order valence-corrected chi connectivity index (χ1v) is 6.64. The second-order valence-electron chi connectivity index (χ2n) is 4.10. The zero-order valence-electron chi connectivity index (χ0n) is 10.4. The molecule has 5 heteroatoms. The van der Waals surface area contributed by atoms with Crippen LogP contribution in [0.3, 0.4) is 0 Å². The first-order chi connectivity index (χ1) is 9.65. The molecule has 0 spiro atoms. The minimum absolute atomic E-state index is 0.0133. The topological polar surface area (TPSA) is 53.2 Å². The number of ether oxygens (including phenoxy) is 1. The van der Waals surface area contributed by atoms with Crippen LogP contribution in [0.15, 0.2) is 40.9 Å². The molecule has 2 aromatic carbocycles. The summed E-state index contributed by atoms with van der Waals surface area (Å²) in [7, 11) is 0. The van der Waals surface area contributed by atoms with Gasteiger partial charge in [-0.15, -0.1) is 0 Å². The molecule has 0 saturated heterocycles. The molecule has 0 saturated carbocycles. The van der Waals surface area contributed by atoms with Crippen molar-refractivity contribution in [3.8, 4) is 11.8 Å². The van der Waals surface area contributed by atoms with Crippen molar-refractivity contribution in [2.75, 3.05) is 0 Å². The van der Waals surface area contributed by atoms with Gasteiger partial charge < -0.3 is 9.84 Å². The maximum atomic E-state index is 13.2. The van der Waals surface area contributed by atoms with E-state index in [1.807, 2.05) is 0 Å². The first kappa shape index (κ1) is 14.5. The lowest BCUT2D eigenvalue weighted by Gasteiger charge is -2.12. The minimum atomic E-state index is -0.548. The number of benzene rings is 2. The Morgan fingerprint density at radius 3 is 2.80 bits per heavy atom. The molecule has 2 rings (SSSR count). The summed E-state index contributed by atoms with van der Waals surface area (Å²) in [6.07, 6.45) is 0. The van der Waals surface area contributed by atoms with Gasteiger partial charge in [-0.25, -0.2) is 4.39 Å². The van der Waals surface area contributed by atoms with Crippen molar-refractivity contribution in [2.45, 2.75) is 13.2 Å². The number of para-hydroxylation sites is 1. The predicted molar refractivity (Wildman–Crippen MR) is 75.5 cm³/mol. The normalized spacial score (nSPS) is 10.1. The third-order valence-corrected chi connectivity index (χ3v) is 3.38. The number of aliphatic hydroxyl groups excluding tert-OH is 1. The van der Waals surface area contributed by atoms with Crippen LogP contribution in [0.5, 0.6) is 5.75 Å². The third-order valence-electron chi connectivity index (χ3n) is 2.75. The molecule has 2 aromatic rings. The molecule has 0 aliphatic rings. The second-order valence-corrected chi connectivity index (χ2v) is 4.96. The SMILES string of the molecule is N#Cc1cc(COc2c(Br)cccc2CO)ccc1F. The Morgan fingerprint density at radius 2 is 2.10 bits per heavy atom. The maximum Gasteiger partial charge on any atom is 0.140 e. The standard InChI is InChI=1S/C15H11BrFNO2/c16-13-3-1-2-11(8-19)15(13)20-9-10-4-5-14(17)12(6-10)7-18/h1-6,19H,8-9H2. The van der Waals surface area contributed by atoms with E-state index in [0.717, 1.165) is 4.47 Å². The molecular formula is C15H11BrFNO2. The third kappa shape index (κ3) is 3.16. The zero-order chi connectivity index (χ0) is 14.5. The lowest BCUT2D eigenvalue weighted by molar-refractivity contribution is 0.258. The van der Waals surface area contributed by atoms with Crippen LogP contribution in [-0.4, -0.2) is 5.11 Å². The summed E-state index contributed by atoms with van der Waals surface area (Å²) in [4.78, 5) is 0. The van der Waals surface area contributed by atoms with Crippen LogP contribution < -0.4 is 4.74 Å². The number of aliphatic hydroxyl groups is 1. The predicted octanol–water partition coefficient (Wildman–Crippen LogP) is 3.53. The molecule has 0 amide bonds. The highest BCUT2D eigenvalue weighted by atomic mass is 79.9. The van der Waals surface area contributed by atoms with Gasteiger partial charge in [-0.05, 0) is 39.7 Å². The van der Waals surface area contributed by atoms with Crippen LogP contribution in [0, 0.1) is 17.1 Å². The second kappa shape index (κ2) is 6.51. The summed E-state index contributed by atoms with van der Waals surface area (Å²) >= 11 is 3.35. The highest BCUT2D eigenvalue weighted by molar-refractivity contribution is 9.10. The van der Waals surface area contributed by atoms with Gasteiger partial charge in [-0.2, -0.15) is 5.26 Å². The fourth-order valence-corrected chi connectivity index (χ4v) is 2.26. The Morgan fingerprint density at radius 1 is 1.30 bits per heavy atom. The molecule has 20 heavy (non-hydrogen) atoms. The lowest BCUT2D eigenvalue weighted by atomic mass is 10.1. The Kier molecular flexibility index (Phi) is 4.72. The summed E-state index contributed by atoms with van der Waals surface area (Å²) < 4.78 is 19.6. The molecule has 3 nitrogen and oxygen atoms in total. The number of hydrogen-bond donors (Lipinski definition) is 1. The Balaban J connectivity index is 2.19. The van der Waals surface area contributed by atoms with Gasteiger partial charge in [0.1, 0.15) is 24.2 Å². The van der Waals surface area contributed by atoms with Crippen molar-refractivity contribution < 1.29 is 14.2 Å². The van der Waals surface area contributed by atoms with E-state index in [1.54, 1.807) is 30.3 Å². The molecule has 1 N–H and O–H groups in total. The van der Waals surface area contributed by atoms with Crippen molar-refractivity contribution >= 4 is 15.9 Å². The molecular weight excluding hydrogens is 325 g/mol. The molecule has 0 bridgehead atoms. The van der Waals surface area contributed by atoms with Crippen molar-refractivity contribution in [2.24, 2.45) is 0 Å². The molecule has 0 heterocycles. The van der Waals surface area contributed by atoms with Crippen molar-refractivity contribution in [3.63, 3.8) is 0 Å². The van der Waals surface area contributed by atoms with Gasteiger partial charge in [-0.1, -0.05) is 18.2 Å². The lowest BCUT2D eigenvalue weighted by Crippen LogP contribution is -2.00. The summed E-state index contributed by atoms with van der Waals surface area (Å²) in [5.74, 6) is -0.00831. The molecule has 0 aliphatic heterocycles. The number of rotatable bonds is 4. The van der Waals surface area contributed by atoms with E-state index in [1.165, 1.54) is 12.1 Å². The van der Waals surface area contributed by atoms with E-state index < -0.39 is 5.82 Å². The Labute approximate surface area is 124 Å². The summed E-state index contributed by atoms with van der Waals surface area (Å²) in [5.41, 5.74) is 1.32. The van der Waals surface area contributed by atoms with Gasteiger partial charge in [0.2, 0.25) is 0 Å². The van der Waals surface area contributed by atoms with Crippen LogP contribution in [-0.2, 0) is 13.2 Å². The minimum Gasteiger partial charge on any atom is -0.487 e. The van der Waals surface area contributed by atoms with Crippen LogP contribution in [0.1, 0.15) is 16.7 Å². The number of halogens is 2.